The number of hydrogen-bond donors (Lipinski definition) is 1. The molecule has 2 aromatic carbocycles. The van der Waals surface area contributed by atoms with Crippen LogP contribution in [0.4, 0.5) is 8.78 Å². The molecule has 140 valence electrons. The molecule has 0 aliphatic carbocycles. The van der Waals surface area contributed by atoms with Crippen LogP contribution in [0.3, 0.4) is 0 Å². The van der Waals surface area contributed by atoms with Crippen LogP contribution in [0.1, 0.15) is 31.7 Å². The van der Waals surface area contributed by atoms with E-state index in [1.165, 1.54) is 23.9 Å². The smallest absolute Gasteiger partial charge is 0.303 e. The van der Waals surface area contributed by atoms with Crippen LogP contribution >= 0.6 is 11.8 Å². The van der Waals surface area contributed by atoms with Gasteiger partial charge in [0.15, 0.2) is 11.6 Å². The molecule has 6 heteroatoms. The first-order valence-corrected chi connectivity index (χ1v) is 9.48. The van der Waals surface area contributed by atoms with Crippen molar-refractivity contribution in [2.75, 3.05) is 12.4 Å². The van der Waals surface area contributed by atoms with Crippen LogP contribution in [0.15, 0.2) is 35.2 Å². The molecule has 0 aliphatic rings. The highest BCUT2D eigenvalue weighted by atomic mass is 32.2. The monoisotopic (exact) mass is 380 g/mol. The van der Waals surface area contributed by atoms with Crippen LogP contribution in [0.5, 0.6) is 5.75 Å². The molecule has 0 saturated heterocycles. The minimum atomic E-state index is -0.859. The van der Waals surface area contributed by atoms with E-state index in [4.69, 9.17) is 9.84 Å². The second kappa shape index (κ2) is 9.57. The average molecular weight is 380 g/mol. The summed E-state index contributed by atoms with van der Waals surface area (Å²) in [6.07, 6.45) is 1.28. The summed E-state index contributed by atoms with van der Waals surface area (Å²) >= 11 is 1.27. The zero-order valence-electron chi connectivity index (χ0n) is 14.9. The van der Waals surface area contributed by atoms with Gasteiger partial charge in [0.1, 0.15) is 5.82 Å². The highest BCUT2D eigenvalue weighted by Crippen LogP contribution is 2.36. The van der Waals surface area contributed by atoms with E-state index in [-0.39, 0.29) is 12.2 Å². The number of carbonyl (C=O) groups is 1. The molecular weight excluding hydrogens is 358 g/mol. The van der Waals surface area contributed by atoms with Gasteiger partial charge in [0, 0.05) is 16.9 Å². The van der Waals surface area contributed by atoms with Crippen molar-refractivity contribution in [2.45, 2.75) is 38.0 Å². The molecule has 0 spiro atoms. The summed E-state index contributed by atoms with van der Waals surface area (Å²) in [5, 5.41) is 8.63. The van der Waals surface area contributed by atoms with Gasteiger partial charge in [0.2, 0.25) is 0 Å². The number of rotatable bonds is 9. The standard InChI is InChI=1S/C20H22F2O3S/c1-3-8-25-20-15(10-13(2)11-17(20)22)14-6-7-18(16(21)12-14)26-9-4-5-19(23)24/h6-7,10-12H,3-5,8-9H2,1-2H3,(H,23,24). The van der Waals surface area contributed by atoms with Gasteiger partial charge in [-0.1, -0.05) is 13.0 Å². The second-order valence-electron chi connectivity index (χ2n) is 5.96. The molecule has 0 bridgehead atoms. The molecule has 0 heterocycles. The van der Waals surface area contributed by atoms with Crippen LogP contribution in [0.25, 0.3) is 11.1 Å². The lowest BCUT2D eigenvalue weighted by molar-refractivity contribution is -0.137. The molecule has 0 aliphatic heterocycles. The molecule has 0 unspecified atom stereocenters. The lowest BCUT2D eigenvalue weighted by atomic mass is 10.0. The number of thioether (sulfide) groups is 1. The van der Waals surface area contributed by atoms with Gasteiger partial charge in [-0.3, -0.25) is 4.79 Å². The van der Waals surface area contributed by atoms with Crippen LogP contribution in [-0.2, 0) is 4.79 Å². The van der Waals surface area contributed by atoms with Crippen molar-refractivity contribution in [3.63, 3.8) is 0 Å². The van der Waals surface area contributed by atoms with Crippen molar-refractivity contribution < 1.29 is 23.4 Å². The summed E-state index contributed by atoms with van der Waals surface area (Å²) in [7, 11) is 0. The lowest BCUT2D eigenvalue weighted by Crippen LogP contribution is -2.00. The highest BCUT2D eigenvalue weighted by Gasteiger charge is 2.15. The molecule has 0 aromatic heterocycles. The predicted octanol–water partition coefficient (Wildman–Crippen LogP) is 5.69. The Hall–Kier alpha value is -2.08. The van der Waals surface area contributed by atoms with E-state index >= 15 is 0 Å². The lowest BCUT2D eigenvalue weighted by Gasteiger charge is -2.14. The second-order valence-corrected chi connectivity index (χ2v) is 7.10. The third kappa shape index (κ3) is 5.46. The molecule has 0 saturated carbocycles. The molecule has 0 fully saturated rings. The quantitative estimate of drug-likeness (QED) is 0.449. The minimum absolute atomic E-state index is 0.0629. The predicted molar refractivity (Wildman–Crippen MR) is 99.9 cm³/mol. The molecule has 26 heavy (non-hydrogen) atoms. The normalized spacial score (nSPS) is 10.8. The van der Waals surface area contributed by atoms with Crippen LogP contribution < -0.4 is 4.74 Å². The maximum atomic E-state index is 14.4. The number of carboxylic acids is 1. The van der Waals surface area contributed by atoms with Gasteiger partial charge in [-0.05, 0) is 60.9 Å². The molecule has 0 amide bonds. The fourth-order valence-corrected chi connectivity index (χ4v) is 3.35. The summed E-state index contributed by atoms with van der Waals surface area (Å²) < 4.78 is 34.3. The van der Waals surface area contributed by atoms with Crippen molar-refractivity contribution >= 4 is 17.7 Å². The summed E-state index contributed by atoms with van der Waals surface area (Å²) in [5.41, 5.74) is 1.80. The molecule has 2 aromatic rings. The Balaban J connectivity index is 2.24. The van der Waals surface area contributed by atoms with Gasteiger partial charge in [0.25, 0.3) is 0 Å². The van der Waals surface area contributed by atoms with Crippen molar-refractivity contribution in [1.29, 1.82) is 0 Å². The zero-order chi connectivity index (χ0) is 19.1. The maximum Gasteiger partial charge on any atom is 0.303 e. The van der Waals surface area contributed by atoms with Crippen molar-refractivity contribution in [2.24, 2.45) is 0 Å². The molecule has 0 radical (unpaired) electrons. The van der Waals surface area contributed by atoms with Gasteiger partial charge in [-0.25, -0.2) is 8.78 Å². The molecular formula is C20H22F2O3S. The van der Waals surface area contributed by atoms with Crippen LogP contribution in [0, 0.1) is 18.6 Å². The van der Waals surface area contributed by atoms with Crippen molar-refractivity contribution in [3.8, 4) is 16.9 Å². The zero-order valence-corrected chi connectivity index (χ0v) is 15.7. The van der Waals surface area contributed by atoms with Crippen LogP contribution in [0.2, 0.25) is 0 Å². The molecule has 0 atom stereocenters. The summed E-state index contributed by atoms with van der Waals surface area (Å²) in [6.45, 7) is 4.09. The average Bonchev–Trinajstić information content (AvgIpc) is 2.58. The van der Waals surface area contributed by atoms with Crippen molar-refractivity contribution in [1.82, 2.24) is 0 Å². The molecule has 2 rings (SSSR count). The largest absolute Gasteiger partial charge is 0.490 e. The number of aliphatic carboxylic acids is 1. The van der Waals surface area contributed by atoms with E-state index in [9.17, 15) is 13.6 Å². The van der Waals surface area contributed by atoms with E-state index in [1.807, 2.05) is 6.92 Å². The number of carboxylic acid groups (broad SMARTS) is 1. The van der Waals surface area contributed by atoms with Crippen molar-refractivity contribution in [3.05, 3.63) is 47.5 Å². The van der Waals surface area contributed by atoms with E-state index in [0.717, 1.165) is 12.0 Å². The van der Waals surface area contributed by atoms with E-state index in [1.54, 1.807) is 25.1 Å². The van der Waals surface area contributed by atoms with E-state index in [0.29, 0.717) is 34.8 Å². The van der Waals surface area contributed by atoms with Gasteiger partial charge >= 0.3 is 5.97 Å². The topological polar surface area (TPSA) is 46.5 Å². The molecule has 3 nitrogen and oxygen atoms in total. The van der Waals surface area contributed by atoms with Gasteiger partial charge < -0.3 is 9.84 Å². The minimum Gasteiger partial charge on any atom is -0.490 e. The fourth-order valence-electron chi connectivity index (χ4n) is 2.49. The van der Waals surface area contributed by atoms with Crippen LogP contribution in [-0.4, -0.2) is 23.4 Å². The number of hydrogen-bond acceptors (Lipinski definition) is 3. The molecule has 1 N–H and O–H groups in total. The first kappa shape index (κ1) is 20.2. The first-order valence-electron chi connectivity index (χ1n) is 8.49. The summed E-state index contributed by atoms with van der Waals surface area (Å²) in [5.74, 6) is -1.07. The van der Waals surface area contributed by atoms with E-state index < -0.39 is 17.6 Å². The SMILES string of the molecule is CCCOc1c(F)cc(C)cc1-c1ccc(SCCCC(=O)O)c(F)c1. The Labute approximate surface area is 156 Å². The number of ether oxygens (including phenoxy) is 1. The Morgan fingerprint density at radius 2 is 1.96 bits per heavy atom. The van der Waals surface area contributed by atoms with Gasteiger partial charge in [-0.2, -0.15) is 0 Å². The fraction of sp³-hybridized carbons (Fsp3) is 0.350. The number of aryl methyl sites for hydroxylation is 1. The van der Waals surface area contributed by atoms with Gasteiger partial charge in [-0.15, -0.1) is 11.8 Å². The van der Waals surface area contributed by atoms with E-state index in [2.05, 4.69) is 0 Å². The Bertz CT molecular complexity index is 778. The Morgan fingerprint density at radius 1 is 1.19 bits per heavy atom. The third-order valence-electron chi connectivity index (χ3n) is 3.67. The number of benzene rings is 2. The number of halogens is 2. The third-order valence-corrected chi connectivity index (χ3v) is 4.81. The highest BCUT2D eigenvalue weighted by molar-refractivity contribution is 7.99. The summed E-state index contributed by atoms with van der Waals surface area (Å²) in [6, 6.07) is 7.92. The first-order chi connectivity index (χ1) is 12.4. The maximum absolute atomic E-state index is 14.4. The van der Waals surface area contributed by atoms with Gasteiger partial charge in [0.05, 0.1) is 6.61 Å². The Kier molecular flexibility index (Phi) is 7.45. The summed E-state index contributed by atoms with van der Waals surface area (Å²) in [4.78, 5) is 11.0. The Morgan fingerprint density at radius 3 is 2.62 bits per heavy atom.